The number of allylic oxidation sites excluding steroid dienone is 10. The van der Waals surface area contributed by atoms with Crippen LogP contribution in [0.5, 0.6) is 0 Å². The third-order valence-electron chi connectivity index (χ3n) is 9.52. The summed E-state index contributed by atoms with van der Waals surface area (Å²) in [4.78, 5) is 37.7. The Morgan fingerprint density at radius 2 is 0.745 bits per heavy atom. The summed E-state index contributed by atoms with van der Waals surface area (Å²) in [5.74, 6) is -0.996. The third kappa shape index (κ3) is 42.1. The first-order chi connectivity index (χ1) is 27.0. The zero-order chi connectivity index (χ0) is 40.1. The number of hydrogen-bond donors (Lipinski definition) is 0. The minimum Gasteiger partial charge on any atom is -0.462 e. The molecule has 0 N–H and O–H groups in total. The van der Waals surface area contributed by atoms with Gasteiger partial charge in [-0.15, -0.1) is 0 Å². The van der Waals surface area contributed by atoms with E-state index in [1.54, 1.807) is 0 Å². The Hall–Kier alpha value is -2.89. The van der Waals surface area contributed by atoms with Gasteiger partial charge in [0.1, 0.15) is 13.2 Å². The minimum atomic E-state index is -0.802. The molecular formula is C49H84O6. The van der Waals surface area contributed by atoms with Gasteiger partial charge < -0.3 is 14.2 Å². The lowest BCUT2D eigenvalue weighted by Crippen LogP contribution is -2.30. The van der Waals surface area contributed by atoms with Gasteiger partial charge in [-0.05, 0) is 70.6 Å². The highest BCUT2D eigenvalue weighted by molar-refractivity contribution is 5.71. The van der Waals surface area contributed by atoms with E-state index in [0.717, 1.165) is 77.0 Å². The van der Waals surface area contributed by atoms with Gasteiger partial charge in [0.05, 0.1) is 0 Å². The average molecular weight is 769 g/mol. The van der Waals surface area contributed by atoms with Gasteiger partial charge >= 0.3 is 17.9 Å². The molecule has 316 valence electrons. The Labute approximate surface area is 339 Å². The van der Waals surface area contributed by atoms with Crippen molar-refractivity contribution < 1.29 is 28.6 Å². The van der Waals surface area contributed by atoms with Crippen LogP contribution in [-0.2, 0) is 28.6 Å². The molecule has 0 saturated carbocycles. The van der Waals surface area contributed by atoms with Crippen molar-refractivity contribution >= 4 is 17.9 Å². The highest BCUT2D eigenvalue weighted by Gasteiger charge is 2.19. The molecule has 0 amide bonds. The number of esters is 3. The van der Waals surface area contributed by atoms with Crippen molar-refractivity contribution in [3.63, 3.8) is 0 Å². The zero-order valence-corrected chi connectivity index (χ0v) is 35.9. The molecule has 6 heteroatoms. The van der Waals surface area contributed by atoms with E-state index in [0.29, 0.717) is 19.3 Å². The van der Waals surface area contributed by atoms with Crippen LogP contribution in [0.25, 0.3) is 0 Å². The van der Waals surface area contributed by atoms with Crippen LogP contribution in [0, 0.1) is 0 Å². The van der Waals surface area contributed by atoms with Crippen LogP contribution in [-0.4, -0.2) is 37.2 Å². The molecule has 0 aromatic rings. The van der Waals surface area contributed by atoms with Crippen LogP contribution in [0.1, 0.15) is 213 Å². The van der Waals surface area contributed by atoms with E-state index in [4.69, 9.17) is 14.2 Å². The summed E-state index contributed by atoms with van der Waals surface area (Å²) in [6, 6.07) is 0. The van der Waals surface area contributed by atoms with E-state index in [1.807, 2.05) is 12.2 Å². The van der Waals surface area contributed by atoms with Crippen molar-refractivity contribution in [3.05, 3.63) is 60.8 Å². The molecule has 55 heavy (non-hydrogen) atoms. The molecule has 1 atom stereocenters. The van der Waals surface area contributed by atoms with Gasteiger partial charge in [0.25, 0.3) is 0 Å². The fourth-order valence-corrected chi connectivity index (χ4v) is 6.10. The molecule has 0 aliphatic rings. The van der Waals surface area contributed by atoms with Crippen LogP contribution < -0.4 is 0 Å². The standard InChI is InChI=1S/C49H84O6/c1-4-7-10-13-16-19-22-25-28-30-33-36-39-42-48(51)54-45-46(55-49(52)43-40-37-34-31-27-24-21-18-15-12-9-6-3)44-53-47(50)41-38-35-32-29-26-23-20-17-14-11-8-5-2/h7,10,16,18-19,21,25,28,33,36,46H,4-6,8-9,11-15,17,20,22-24,26-27,29-32,34-35,37-45H2,1-3H3/b10-7-,19-16-,21-18-,28-25-,36-33-. The van der Waals surface area contributed by atoms with Crippen LogP contribution in [0.3, 0.4) is 0 Å². The lowest BCUT2D eigenvalue weighted by Gasteiger charge is -2.18. The first kappa shape index (κ1) is 52.1. The summed E-state index contributed by atoms with van der Waals surface area (Å²) in [5.41, 5.74) is 0. The quantitative estimate of drug-likeness (QED) is 0.0267. The van der Waals surface area contributed by atoms with Crippen molar-refractivity contribution in [2.75, 3.05) is 13.2 Å². The molecule has 0 rings (SSSR count). The zero-order valence-electron chi connectivity index (χ0n) is 35.9. The molecule has 0 bridgehead atoms. The average Bonchev–Trinajstić information content (AvgIpc) is 3.18. The van der Waals surface area contributed by atoms with Gasteiger partial charge in [0, 0.05) is 19.3 Å². The fourth-order valence-electron chi connectivity index (χ4n) is 6.10. The van der Waals surface area contributed by atoms with Crippen LogP contribution in [0.2, 0.25) is 0 Å². The summed E-state index contributed by atoms with van der Waals surface area (Å²) in [6.07, 6.45) is 52.1. The van der Waals surface area contributed by atoms with E-state index in [-0.39, 0.29) is 37.5 Å². The maximum atomic E-state index is 12.7. The lowest BCUT2D eigenvalue weighted by molar-refractivity contribution is -0.166. The Bertz CT molecular complexity index is 1020. The summed E-state index contributed by atoms with van der Waals surface area (Å²) < 4.78 is 16.6. The van der Waals surface area contributed by atoms with E-state index >= 15 is 0 Å². The van der Waals surface area contributed by atoms with Crippen molar-refractivity contribution in [1.82, 2.24) is 0 Å². The Balaban J connectivity index is 4.48. The summed E-state index contributed by atoms with van der Waals surface area (Å²) in [5, 5.41) is 0. The second kappa shape index (κ2) is 43.8. The number of hydrogen-bond acceptors (Lipinski definition) is 6. The topological polar surface area (TPSA) is 78.9 Å². The van der Waals surface area contributed by atoms with E-state index in [9.17, 15) is 14.4 Å². The van der Waals surface area contributed by atoms with E-state index in [2.05, 4.69) is 69.4 Å². The monoisotopic (exact) mass is 769 g/mol. The Morgan fingerprint density at radius 1 is 0.382 bits per heavy atom. The molecule has 0 aliphatic heterocycles. The van der Waals surface area contributed by atoms with Crippen LogP contribution in [0.4, 0.5) is 0 Å². The number of ether oxygens (including phenoxy) is 3. The van der Waals surface area contributed by atoms with E-state index < -0.39 is 6.10 Å². The highest BCUT2D eigenvalue weighted by Crippen LogP contribution is 2.14. The largest absolute Gasteiger partial charge is 0.462 e. The summed E-state index contributed by atoms with van der Waals surface area (Å²) in [6.45, 7) is 6.41. The fraction of sp³-hybridized carbons (Fsp3) is 0.735. The molecule has 0 spiro atoms. The van der Waals surface area contributed by atoms with Crippen molar-refractivity contribution in [2.45, 2.75) is 219 Å². The molecule has 0 radical (unpaired) electrons. The molecule has 0 aliphatic carbocycles. The van der Waals surface area contributed by atoms with Gasteiger partial charge in [0.15, 0.2) is 6.10 Å². The molecule has 1 unspecified atom stereocenters. The third-order valence-corrected chi connectivity index (χ3v) is 9.52. The second-order valence-corrected chi connectivity index (χ2v) is 14.9. The first-order valence-corrected chi connectivity index (χ1v) is 22.8. The van der Waals surface area contributed by atoms with Crippen molar-refractivity contribution in [3.8, 4) is 0 Å². The minimum absolute atomic E-state index is 0.0983. The van der Waals surface area contributed by atoms with Crippen molar-refractivity contribution in [1.29, 1.82) is 0 Å². The van der Waals surface area contributed by atoms with Gasteiger partial charge in [-0.3, -0.25) is 14.4 Å². The molecule has 0 fully saturated rings. The highest BCUT2D eigenvalue weighted by atomic mass is 16.6. The summed E-state index contributed by atoms with van der Waals surface area (Å²) >= 11 is 0. The molecule has 0 heterocycles. The normalized spacial score (nSPS) is 12.6. The SMILES string of the molecule is CC/C=C\C/C=C\C/C=C\C/C=C\CCC(=O)OCC(COC(=O)CCCCCCCCCCCCCC)OC(=O)CCCCCCC/C=C\CCCCC. The predicted octanol–water partition coefficient (Wildman–Crippen LogP) is 14.5. The molecule has 6 nitrogen and oxygen atoms in total. The van der Waals surface area contributed by atoms with E-state index in [1.165, 1.54) is 89.9 Å². The first-order valence-electron chi connectivity index (χ1n) is 22.8. The molecule has 0 aromatic carbocycles. The predicted molar refractivity (Wildman–Crippen MR) is 233 cm³/mol. The number of unbranched alkanes of at least 4 members (excludes halogenated alkanes) is 19. The van der Waals surface area contributed by atoms with Crippen LogP contribution >= 0.6 is 0 Å². The number of carbonyl (C=O) groups excluding carboxylic acids is 3. The maximum absolute atomic E-state index is 12.7. The summed E-state index contributed by atoms with van der Waals surface area (Å²) in [7, 11) is 0. The Morgan fingerprint density at radius 3 is 1.25 bits per heavy atom. The number of rotatable bonds is 40. The number of carbonyl (C=O) groups is 3. The molecule has 0 aromatic heterocycles. The molecular weight excluding hydrogens is 685 g/mol. The van der Waals surface area contributed by atoms with Crippen molar-refractivity contribution in [2.24, 2.45) is 0 Å². The van der Waals surface area contributed by atoms with Gasteiger partial charge in [-0.25, -0.2) is 0 Å². The van der Waals surface area contributed by atoms with Gasteiger partial charge in [0.2, 0.25) is 0 Å². The molecule has 0 saturated heterocycles. The lowest BCUT2D eigenvalue weighted by atomic mass is 10.0. The van der Waals surface area contributed by atoms with Gasteiger partial charge in [-0.2, -0.15) is 0 Å². The smallest absolute Gasteiger partial charge is 0.306 e. The van der Waals surface area contributed by atoms with Crippen LogP contribution in [0.15, 0.2) is 60.8 Å². The Kier molecular flexibility index (Phi) is 41.5. The maximum Gasteiger partial charge on any atom is 0.306 e. The second-order valence-electron chi connectivity index (χ2n) is 14.9. The van der Waals surface area contributed by atoms with Gasteiger partial charge in [-0.1, -0.05) is 184 Å².